The second-order valence-corrected chi connectivity index (χ2v) is 14.9. The molecule has 0 saturated heterocycles. The van der Waals surface area contributed by atoms with Crippen molar-refractivity contribution >= 4 is 11.6 Å². The van der Waals surface area contributed by atoms with Crippen molar-refractivity contribution in [1.82, 2.24) is 25.1 Å². The van der Waals surface area contributed by atoms with Crippen LogP contribution < -0.4 is 9.64 Å². The van der Waals surface area contributed by atoms with Gasteiger partial charge in [-0.1, -0.05) is 25.9 Å². The van der Waals surface area contributed by atoms with Gasteiger partial charge in [0.15, 0.2) is 5.82 Å². The zero-order valence-corrected chi connectivity index (χ0v) is 25.7. The summed E-state index contributed by atoms with van der Waals surface area (Å²) in [6, 6.07) is 4.19. The number of amides is 1. The molecule has 0 N–H and O–H groups in total. The highest BCUT2D eigenvalue weighted by atomic mass is 19.1. The van der Waals surface area contributed by atoms with E-state index in [9.17, 15) is 9.18 Å². The molecule has 9 nitrogen and oxygen atoms in total. The van der Waals surface area contributed by atoms with Gasteiger partial charge in [0.05, 0.1) is 12.3 Å². The minimum absolute atomic E-state index is 0.0143. The van der Waals surface area contributed by atoms with Crippen LogP contribution >= 0.6 is 0 Å². The number of pyridine rings is 1. The van der Waals surface area contributed by atoms with Gasteiger partial charge in [-0.3, -0.25) is 9.78 Å². The monoisotopic (exact) mass is 588 g/mol. The van der Waals surface area contributed by atoms with Crippen molar-refractivity contribution in [3.63, 3.8) is 0 Å². The van der Waals surface area contributed by atoms with Crippen LogP contribution in [0.15, 0.2) is 35.2 Å². The number of carbonyl (C=O) groups excluding carboxylic acids is 1. The highest BCUT2D eigenvalue weighted by molar-refractivity contribution is 5.94. The number of halogens is 1. The Labute approximate surface area is 252 Å². The maximum absolute atomic E-state index is 14.4. The molecule has 10 heteroatoms. The van der Waals surface area contributed by atoms with Gasteiger partial charge in [0.25, 0.3) is 0 Å². The average Bonchev–Trinajstić information content (AvgIpc) is 3.49. The first-order valence-corrected chi connectivity index (χ1v) is 15.7. The van der Waals surface area contributed by atoms with Gasteiger partial charge in [-0.2, -0.15) is 4.98 Å². The van der Waals surface area contributed by atoms with E-state index >= 15 is 0 Å². The fraction of sp³-hybridized carbons (Fsp3) is 0.636. The smallest absolute Gasteiger partial charge is 0.316 e. The number of nitrogens with zero attached hydrogens (tertiary/aromatic N) is 6. The van der Waals surface area contributed by atoms with Gasteiger partial charge in [0.2, 0.25) is 11.8 Å². The molecule has 1 amide bonds. The van der Waals surface area contributed by atoms with Gasteiger partial charge < -0.3 is 14.2 Å². The summed E-state index contributed by atoms with van der Waals surface area (Å²) in [4.78, 5) is 34.1. The topological polar surface area (TPSA) is 107 Å². The van der Waals surface area contributed by atoms with E-state index in [2.05, 4.69) is 40.9 Å². The number of rotatable bonds is 9. The molecule has 4 bridgehead atoms. The lowest BCUT2D eigenvalue weighted by Gasteiger charge is -2.66. The molecule has 0 unspecified atom stereocenters. The fourth-order valence-electron chi connectivity index (χ4n) is 8.10. The third-order valence-corrected chi connectivity index (χ3v) is 10.6. The van der Waals surface area contributed by atoms with E-state index < -0.39 is 5.67 Å². The Morgan fingerprint density at radius 1 is 1.02 bits per heavy atom. The lowest BCUT2D eigenvalue weighted by Crippen LogP contribution is -2.65. The van der Waals surface area contributed by atoms with E-state index in [4.69, 9.17) is 14.2 Å². The van der Waals surface area contributed by atoms with E-state index in [0.29, 0.717) is 56.4 Å². The normalized spacial score (nSPS) is 30.8. The van der Waals surface area contributed by atoms with E-state index in [-0.39, 0.29) is 27.6 Å². The Kier molecular flexibility index (Phi) is 6.45. The lowest BCUT2D eigenvalue weighted by atomic mass is 9.41. The van der Waals surface area contributed by atoms with Crippen molar-refractivity contribution in [3.05, 3.63) is 42.4 Å². The predicted octanol–water partition coefficient (Wildman–Crippen LogP) is 6.53. The molecule has 6 saturated carbocycles. The summed E-state index contributed by atoms with van der Waals surface area (Å²) in [6.07, 6.45) is 13.0. The van der Waals surface area contributed by atoms with Crippen molar-refractivity contribution < 1.29 is 18.4 Å². The van der Waals surface area contributed by atoms with E-state index in [1.54, 1.807) is 18.6 Å². The molecule has 6 fully saturated rings. The number of fused-ring (bicyclic) bond motifs is 3. The van der Waals surface area contributed by atoms with Crippen molar-refractivity contribution in [2.75, 3.05) is 18.1 Å². The Bertz CT molecular complexity index is 1490. The Morgan fingerprint density at radius 3 is 2.28 bits per heavy atom. The standard InChI is InChI=1S/C33H41FN6O3/c1-5-42-28-36-16-22(17-37-28)24-14-23(6-13-35-24)40(25(41)15-31-18-33(34,19-31)20-31)21-30-7-10-32(11-8-30,12-9-30)26-38-27(43-39-26)29(2,3)4/h6,13-14,16-17H,5,7-12,15,18-21H2,1-4H3. The number of alkyl halides is 1. The van der Waals surface area contributed by atoms with Crippen LogP contribution in [-0.2, 0) is 15.6 Å². The fourth-order valence-corrected chi connectivity index (χ4v) is 8.10. The molecule has 3 heterocycles. The SMILES string of the molecule is CCOc1ncc(-c2cc(N(CC34CCC(c5noc(C(C)(C)C)n5)(CC3)CC4)C(=O)CC34CC(F)(C3)C4)ccn2)cn1. The number of carbonyl (C=O) groups is 1. The Balaban J connectivity index is 1.13. The van der Waals surface area contributed by atoms with Gasteiger partial charge in [-0.25, -0.2) is 14.4 Å². The predicted molar refractivity (Wildman–Crippen MR) is 158 cm³/mol. The third kappa shape index (κ3) is 5.00. The van der Waals surface area contributed by atoms with Gasteiger partial charge in [0, 0.05) is 53.6 Å². The zero-order valence-electron chi connectivity index (χ0n) is 25.7. The van der Waals surface area contributed by atoms with E-state index in [1.807, 2.05) is 24.0 Å². The van der Waals surface area contributed by atoms with Crippen molar-refractivity contribution in [2.45, 2.75) is 108 Å². The highest BCUT2D eigenvalue weighted by Crippen LogP contribution is 2.71. The minimum atomic E-state index is -1.03. The largest absolute Gasteiger partial charge is 0.464 e. The number of anilines is 1. The molecule has 3 aromatic heterocycles. The van der Waals surface area contributed by atoms with Crippen LogP contribution in [0.1, 0.15) is 104 Å². The first-order valence-electron chi connectivity index (χ1n) is 15.7. The summed E-state index contributed by atoms with van der Waals surface area (Å²) in [7, 11) is 0. The summed E-state index contributed by atoms with van der Waals surface area (Å²) in [6.45, 7) is 9.29. The van der Waals surface area contributed by atoms with Crippen LogP contribution in [0, 0.1) is 10.8 Å². The van der Waals surface area contributed by atoms with Crippen molar-refractivity contribution in [2.24, 2.45) is 10.8 Å². The van der Waals surface area contributed by atoms with Crippen LogP contribution in [-0.4, -0.2) is 49.8 Å². The molecule has 3 aromatic rings. The van der Waals surface area contributed by atoms with Crippen molar-refractivity contribution in [1.29, 1.82) is 0 Å². The molecular formula is C33H41FN6O3. The first-order chi connectivity index (χ1) is 20.4. The first kappa shape index (κ1) is 28.3. The molecule has 228 valence electrons. The van der Waals surface area contributed by atoms with Crippen LogP contribution in [0.2, 0.25) is 0 Å². The molecule has 0 atom stereocenters. The van der Waals surface area contributed by atoms with Crippen molar-refractivity contribution in [3.8, 4) is 17.3 Å². The summed E-state index contributed by atoms with van der Waals surface area (Å²) >= 11 is 0. The quantitative estimate of drug-likeness (QED) is 0.278. The van der Waals surface area contributed by atoms with E-state index in [1.165, 1.54) is 0 Å². The molecule has 43 heavy (non-hydrogen) atoms. The number of ether oxygens (including phenoxy) is 1. The molecular weight excluding hydrogens is 547 g/mol. The molecule has 0 spiro atoms. The third-order valence-electron chi connectivity index (χ3n) is 10.6. The number of hydrogen-bond donors (Lipinski definition) is 0. The summed E-state index contributed by atoms with van der Waals surface area (Å²) < 4.78 is 25.4. The Morgan fingerprint density at radius 2 is 1.70 bits per heavy atom. The Hall–Kier alpha value is -3.43. The zero-order chi connectivity index (χ0) is 30.1. The summed E-state index contributed by atoms with van der Waals surface area (Å²) in [5.74, 6) is 1.61. The summed E-state index contributed by atoms with van der Waals surface area (Å²) in [5.41, 5.74) is 0.848. The van der Waals surface area contributed by atoms with Gasteiger partial charge in [-0.15, -0.1) is 0 Å². The highest BCUT2D eigenvalue weighted by Gasteiger charge is 2.69. The molecule has 9 rings (SSSR count). The molecule has 0 aliphatic heterocycles. The van der Waals surface area contributed by atoms with Gasteiger partial charge >= 0.3 is 6.01 Å². The van der Waals surface area contributed by atoms with Gasteiger partial charge in [0.1, 0.15) is 5.67 Å². The van der Waals surface area contributed by atoms with Crippen LogP contribution in [0.3, 0.4) is 0 Å². The summed E-state index contributed by atoms with van der Waals surface area (Å²) in [5, 5.41) is 4.45. The molecule has 6 aliphatic rings. The molecule has 0 aromatic carbocycles. The number of hydrogen-bond acceptors (Lipinski definition) is 8. The van der Waals surface area contributed by atoms with Crippen LogP contribution in [0.4, 0.5) is 10.1 Å². The average molecular weight is 589 g/mol. The van der Waals surface area contributed by atoms with Crippen LogP contribution in [0.5, 0.6) is 6.01 Å². The van der Waals surface area contributed by atoms with Gasteiger partial charge in [-0.05, 0) is 87.7 Å². The maximum Gasteiger partial charge on any atom is 0.316 e. The van der Waals surface area contributed by atoms with Crippen LogP contribution in [0.25, 0.3) is 11.3 Å². The second kappa shape index (κ2) is 9.79. The minimum Gasteiger partial charge on any atom is -0.464 e. The molecule has 6 aliphatic carbocycles. The second-order valence-electron chi connectivity index (χ2n) is 14.9. The maximum atomic E-state index is 14.4. The lowest BCUT2D eigenvalue weighted by molar-refractivity contribution is -0.215. The van der Waals surface area contributed by atoms with E-state index in [0.717, 1.165) is 55.6 Å². The number of aromatic nitrogens is 5. The molecule has 0 radical (unpaired) electrons.